The Labute approximate surface area is 137 Å². The fourth-order valence-corrected chi connectivity index (χ4v) is 3.29. The summed E-state index contributed by atoms with van der Waals surface area (Å²) in [5.74, 6) is 0.724. The van der Waals surface area contributed by atoms with Crippen LogP contribution in [-0.2, 0) is 9.59 Å². The molecule has 23 heavy (non-hydrogen) atoms. The number of nitrogens with zero attached hydrogens (tertiary/aromatic N) is 2. The molecule has 1 saturated heterocycles. The van der Waals surface area contributed by atoms with Gasteiger partial charge in [0.15, 0.2) is 0 Å². The maximum atomic E-state index is 12.8. The van der Waals surface area contributed by atoms with Crippen LogP contribution in [0.25, 0.3) is 0 Å². The van der Waals surface area contributed by atoms with Gasteiger partial charge in [-0.1, -0.05) is 26.0 Å². The van der Waals surface area contributed by atoms with Crippen LogP contribution in [-0.4, -0.2) is 42.4 Å². The van der Waals surface area contributed by atoms with Crippen LogP contribution in [0.4, 0.5) is 11.4 Å². The Balaban J connectivity index is 1.72. The van der Waals surface area contributed by atoms with Crippen LogP contribution in [0, 0.1) is 5.92 Å². The van der Waals surface area contributed by atoms with Crippen molar-refractivity contribution in [3.05, 3.63) is 24.3 Å². The number of para-hydroxylation sites is 2. The lowest BCUT2D eigenvalue weighted by Gasteiger charge is -2.38. The number of rotatable bonds is 4. The van der Waals surface area contributed by atoms with Crippen molar-refractivity contribution >= 4 is 23.2 Å². The number of carbonyl (C=O) groups is 2. The van der Waals surface area contributed by atoms with E-state index in [4.69, 9.17) is 0 Å². The highest BCUT2D eigenvalue weighted by Crippen LogP contribution is 2.32. The number of carbonyl (C=O) groups excluding carboxylic acids is 2. The van der Waals surface area contributed by atoms with Crippen LogP contribution in [0.3, 0.4) is 0 Å². The Morgan fingerprint density at radius 3 is 2.83 bits per heavy atom. The summed E-state index contributed by atoms with van der Waals surface area (Å²) in [6, 6.07) is 8.20. The summed E-state index contributed by atoms with van der Waals surface area (Å²) in [5, 5.41) is 3.53. The minimum absolute atomic E-state index is 0.101. The molecule has 3 rings (SSSR count). The molecule has 0 saturated carbocycles. The third-order valence-corrected chi connectivity index (χ3v) is 4.79. The van der Waals surface area contributed by atoms with Gasteiger partial charge in [0, 0.05) is 38.5 Å². The Morgan fingerprint density at radius 2 is 2.13 bits per heavy atom. The predicted molar refractivity (Wildman–Crippen MR) is 91.5 cm³/mol. The lowest BCUT2D eigenvalue weighted by atomic mass is 9.99. The van der Waals surface area contributed by atoms with Gasteiger partial charge in [0.2, 0.25) is 11.8 Å². The van der Waals surface area contributed by atoms with Crippen LogP contribution < -0.4 is 10.2 Å². The number of fused-ring (bicyclic) bond motifs is 1. The fraction of sp³-hybridized carbons (Fsp3) is 0.556. The highest BCUT2D eigenvalue weighted by molar-refractivity contribution is 5.98. The zero-order valence-electron chi connectivity index (χ0n) is 13.9. The van der Waals surface area contributed by atoms with Crippen LogP contribution in [0.5, 0.6) is 0 Å². The van der Waals surface area contributed by atoms with Crippen molar-refractivity contribution < 1.29 is 9.59 Å². The average molecular weight is 315 g/mol. The summed E-state index contributed by atoms with van der Waals surface area (Å²) in [6.07, 6.45) is 1.93. The maximum absolute atomic E-state index is 12.8. The van der Waals surface area contributed by atoms with E-state index in [-0.39, 0.29) is 17.9 Å². The summed E-state index contributed by atoms with van der Waals surface area (Å²) in [6.45, 7) is 6.34. The lowest BCUT2D eigenvalue weighted by molar-refractivity contribution is -0.128. The van der Waals surface area contributed by atoms with Crippen molar-refractivity contribution in [2.45, 2.75) is 39.2 Å². The molecule has 0 unspecified atom stereocenters. The van der Waals surface area contributed by atoms with E-state index >= 15 is 0 Å². The average Bonchev–Trinajstić information content (AvgIpc) is 2.96. The molecule has 2 heterocycles. The first-order chi connectivity index (χ1) is 11.1. The highest BCUT2D eigenvalue weighted by atomic mass is 16.2. The Bertz CT molecular complexity index is 600. The zero-order chi connectivity index (χ0) is 16.4. The third-order valence-electron chi connectivity index (χ3n) is 4.79. The molecule has 5 heteroatoms. The summed E-state index contributed by atoms with van der Waals surface area (Å²) in [5.41, 5.74) is 1.96. The summed E-state index contributed by atoms with van der Waals surface area (Å²) in [7, 11) is 0. The molecule has 2 aliphatic rings. The van der Waals surface area contributed by atoms with Crippen LogP contribution in [0.15, 0.2) is 24.3 Å². The minimum Gasteiger partial charge on any atom is -0.379 e. The fourth-order valence-electron chi connectivity index (χ4n) is 3.29. The van der Waals surface area contributed by atoms with E-state index in [0.29, 0.717) is 31.8 Å². The number of anilines is 2. The number of likely N-dealkylation sites (tertiary alicyclic amines) is 1. The normalized spacial score (nSPS) is 20.7. The summed E-state index contributed by atoms with van der Waals surface area (Å²) in [4.78, 5) is 28.1. The molecule has 1 N–H and O–H groups in total. The van der Waals surface area contributed by atoms with Gasteiger partial charge < -0.3 is 15.1 Å². The van der Waals surface area contributed by atoms with Crippen molar-refractivity contribution in [2.24, 2.45) is 5.92 Å². The second-order valence-electron chi connectivity index (χ2n) is 6.75. The molecule has 2 amide bonds. The van der Waals surface area contributed by atoms with Crippen molar-refractivity contribution in [3.8, 4) is 0 Å². The van der Waals surface area contributed by atoms with E-state index in [1.165, 1.54) is 0 Å². The van der Waals surface area contributed by atoms with Crippen molar-refractivity contribution in [1.82, 2.24) is 4.90 Å². The highest BCUT2D eigenvalue weighted by Gasteiger charge is 2.30. The number of hydrogen-bond donors (Lipinski definition) is 1. The maximum Gasteiger partial charge on any atom is 0.228 e. The van der Waals surface area contributed by atoms with Gasteiger partial charge in [-0.25, -0.2) is 0 Å². The molecule has 0 radical (unpaired) electrons. The molecule has 2 aliphatic heterocycles. The molecular formula is C18H25N3O2. The number of hydrogen-bond acceptors (Lipinski definition) is 3. The first kappa shape index (κ1) is 15.8. The minimum atomic E-state index is 0.101. The summed E-state index contributed by atoms with van der Waals surface area (Å²) < 4.78 is 0. The Morgan fingerprint density at radius 1 is 1.35 bits per heavy atom. The Kier molecular flexibility index (Phi) is 4.55. The van der Waals surface area contributed by atoms with Gasteiger partial charge in [-0.05, 0) is 24.5 Å². The molecule has 1 aromatic rings. The van der Waals surface area contributed by atoms with Crippen LogP contribution >= 0.6 is 0 Å². The first-order valence-electron chi connectivity index (χ1n) is 8.50. The number of nitrogens with one attached hydrogen (secondary N) is 1. The van der Waals surface area contributed by atoms with Crippen molar-refractivity contribution in [3.63, 3.8) is 0 Å². The van der Waals surface area contributed by atoms with Gasteiger partial charge in [0.1, 0.15) is 0 Å². The largest absolute Gasteiger partial charge is 0.379 e. The third kappa shape index (κ3) is 3.33. The predicted octanol–water partition coefficient (Wildman–Crippen LogP) is 2.48. The van der Waals surface area contributed by atoms with Gasteiger partial charge in [-0.2, -0.15) is 0 Å². The van der Waals surface area contributed by atoms with Gasteiger partial charge in [0.25, 0.3) is 0 Å². The number of amides is 2. The molecule has 1 fully saturated rings. The zero-order valence-corrected chi connectivity index (χ0v) is 13.9. The van der Waals surface area contributed by atoms with Gasteiger partial charge in [0.05, 0.1) is 11.4 Å². The topological polar surface area (TPSA) is 52.7 Å². The lowest BCUT2D eigenvalue weighted by Crippen LogP contribution is -2.47. The van der Waals surface area contributed by atoms with Crippen molar-refractivity contribution in [1.29, 1.82) is 0 Å². The van der Waals surface area contributed by atoms with Gasteiger partial charge in [-0.3, -0.25) is 9.59 Å². The monoisotopic (exact) mass is 315 g/mol. The van der Waals surface area contributed by atoms with E-state index < -0.39 is 0 Å². The molecular weight excluding hydrogens is 290 g/mol. The molecule has 1 atom stereocenters. The van der Waals surface area contributed by atoms with Crippen LogP contribution in [0.1, 0.15) is 33.1 Å². The van der Waals surface area contributed by atoms with E-state index in [9.17, 15) is 9.59 Å². The van der Waals surface area contributed by atoms with E-state index in [2.05, 4.69) is 19.2 Å². The SMILES string of the molecule is CC(C)[C@H]1CN(C(=O)CCN2CCCC2=O)c2ccccc2N1. The molecule has 0 spiro atoms. The molecule has 124 valence electrons. The molecule has 5 nitrogen and oxygen atoms in total. The molecule has 0 aromatic heterocycles. The molecule has 1 aromatic carbocycles. The van der Waals surface area contributed by atoms with Gasteiger partial charge >= 0.3 is 0 Å². The second kappa shape index (κ2) is 6.60. The standard InChI is InChI=1S/C18H25N3O2/c1-13(2)15-12-21(16-7-4-3-6-14(16)19-15)18(23)9-11-20-10-5-8-17(20)22/h3-4,6-7,13,15,19H,5,8-12H2,1-2H3/t15-/m1/s1. The van der Waals surface area contributed by atoms with E-state index in [1.807, 2.05) is 34.1 Å². The summed E-state index contributed by atoms with van der Waals surface area (Å²) >= 11 is 0. The quantitative estimate of drug-likeness (QED) is 0.929. The molecule has 0 aliphatic carbocycles. The van der Waals surface area contributed by atoms with Gasteiger partial charge in [-0.15, -0.1) is 0 Å². The Hall–Kier alpha value is -2.04. The second-order valence-corrected chi connectivity index (χ2v) is 6.75. The number of benzene rings is 1. The van der Waals surface area contributed by atoms with Crippen molar-refractivity contribution in [2.75, 3.05) is 29.9 Å². The van der Waals surface area contributed by atoms with Crippen LogP contribution in [0.2, 0.25) is 0 Å². The van der Waals surface area contributed by atoms with E-state index in [0.717, 1.165) is 24.3 Å². The van der Waals surface area contributed by atoms with E-state index in [1.54, 1.807) is 0 Å². The molecule has 0 bridgehead atoms. The smallest absolute Gasteiger partial charge is 0.228 e. The first-order valence-corrected chi connectivity index (χ1v) is 8.50.